The lowest BCUT2D eigenvalue weighted by Crippen LogP contribution is -1.84. The number of hydrogen-bond donors (Lipinski definition) is 1. The Bertz CT molecular complexity index is 501. The molecular formula is C12H10N2. The topological polar surface area (TPSA) is 36.2 Å². The van der Waals surface area contributed by atoms with Gasteiger partial charge < -0.3 is 5.41 Å². The van der Waals surface area contributed by atoms with Gasteiger partial charge >= 0.3 is 0 Å². The third kappa shape index (κ3) is 1.21. The van der Waals surface area contributed by atoms with E-state index in [2.05, 4.69) is 11.7 Å². The van der Waals surface area contributed by atoms with Crippen molar-refractivity contribution in [2.24, 2.45) is 4.99 Å². The minimum atomic E-state index is 0.763. The standard InChI is InChI=1S/C12H10N2/c1-14-12-7-6-9-4-2-3-5-10(9)11(12)8-13/h2-8,13H,1H2. The van der Waals surface area contributed by atoms with Crippen LogP contribution in [-0.2, 0) is 0 Å². The Labute approximate surface area is 82.4 Å². The lowest BCUT2D eigenvalue weighted by molar-refractivity contribution is 1.52. The van der Waals surface area contributed by atoms with Gasteiger partial charge in [-0.1, -0.05) is 30.3 Å². The fraction of sp³-hybridized carbons (Fsp3) is 0. The second-order valence-electron chi connectivity index (χ2n) is 3.02. The fourth-order valence-corrected chi connectivity index (χ4v) is 1.57. The van der Waals surface area contributed by atoms with Gasteiger partial charge in [-0.2, -0.15) is 0 Å². The van der Waals surface area contributed by atoms with Crippen molar-refractivity contribution in [3.8, 4) is 0 Å². The maximum Gasteiger partial charge on any atom is 0.0716 e. The highest BCUT2D eigenvalue weighted by Gasteiger charge is 2.02. The average molecular weight is 182 g/mol. The van der Waals surface area contributed by atoms with Crippen molar-refractivity contribution in [2.45, 2.75) is 0 Å². The zero-order valence-corrected chi connectivity index (χ0v) is 7.70. The lowest BCUT2D eigenvalue weighted by atomic mass is 10.0. The molecule has 2 heteroatoms. The Morgan fingerprint density at radius 3 is 2.64 bits per heavy atom. The van der Waals surface area contributed by atoms with Crippen LogP contribution in [0.3, 0.4) is 0 Å². The largest absolute Gasteiger partial charge is 0.308 e. The molecule has 2 nitrogen and oxygen atoms in total. The molecule has 2 aromatic carbocycles. The van der Waals surface area contributed by atoms with E-state index in [0.29, 0.717) is 0 Å². The van der Waals surface area contributed by atoms with E-state index in [4.69, 9.17) is 5.41 Å². The molecule has 0 fully saturated rings. The third-order valence-corrected chi connectivity index (χ3v) is 2.26. The summed E-state index contributed by atoms with van der Waals surface area (Å²) in [5.41, 5.74) is 1.59. The maximum absolute atomic E-state index is 7.36. The van der Waals surface area contributed by atoms with Crippen molar-refractivity contribution in [2.75, 3.05) is 0 Å². The summed E-state index contributed by atoms with van der Waals surface area (Å²) in [6.07, 6.45) is 1.33. The first kappa shape index (κ1) is 8.63. The second kappa shape index (κ2) is 3.42. The molecule has 0 saturated carbocycles. The predicted octanol–water partition coefficient (Wildman–Crippen LogP) is 3.17. The summed E-state index contributed by atoms with van der Waals surface area (Å²) < 4.78 is 0. The molecule has 0 radical (unpaired) electrons. The van der Waals surface area contributed by atoms with E-state index in [1.165, 1.54) is 6.21 Å². The van der Waals surface area contributed by atoms with E-state index < -0.39 is 0 Å². The molecule has 2 rings (SSSR count). The summed E-state index contributed by atoms with van der Waals surface area (Å²) in [6.45, 7) is 3.49. The summed E-state index contributed by atoms with van der Waals surface area (Å²) in [5.74, 6) is 0. The van der Waals surface area contributed by atoms with Gasteiger partial charge in [0, 0.05) is 11.8 Å². The molecular weight excluding hydrogens is 172 g/mol. The second-order valence-corrected chi connectivity index (χ2v) is 3.02. The molecule has 0 aliphatic heterocycles. The van der Waals surface area contributed by atoms with Crippen molar-refractivity contribution >= 4 is 29.4 Å². The molecule has 0 amide bonds. The van der Waals surface area contributed by atoms with Crippen LogP contribution in [0.1, 0.15) is 5.56 Å². The number of aliphatic imine (C=N–C) groups is 1. The molecule has 0 bridgehead atoms. The van der Waals surface area contributed by atoms with Crippen molar-refractivity contribution in [3.63, 3.8) is 0 Å². The normalized spacial score (nSPS) is 10.0. The Hall–Kier alpha value is -1.96. The van der Waals surface area contributed by atoms with Gasteiger partial charge in [0.05, 0.1) is 5.69 Å². The van der Waals surface area contributed by atoms with Gasteiger partial charge in [0.25, 0.3) is 0 Å². The van der Waals surface area contributed by atoms with E-state index in [1.807, 2.05) is 36.4 Å². The number of hydrogen-bond acceptors (Lipinski definition) is 2. The van der Waals surface area contributed by atoms with E-state index in [0.717, 1.165) is 22.0 Å². The maximum atomic E-state index is 7.36. The average Bonchev–Trinajstić information content (AvgIpc) is 2.27. The van der Waals surface area contributed by atoms with Gasteiger partial charge in [-0.15, -0.1) is 0 Å². The summed E-state index contributed by atoms with van der Waals surface area (Å²) in [4.78, 5) is 3.89. The highest BCUT2D eigenvalue weighted by Crippen LogP contribution is 2.26. The summed E-state index contributed by atoms with van der Waals surface area (Å²) in [5, 5.41) is 9.53. The SMILES string of the molecule is C=Nc1ccc2ccccc2c1C=N. The Morgan fingerprint density at radius 2 is 1.93 bits per heavy atom. The molecule has 0 atom stereocenters. The number of benzene rings is 2. The first-order chi connectivity index (χ1) is 6.86. The predicted molar refractivity (Wildman–Crippen MR) is 61.0 cm³/mol. The van der Waals surface area contributed by atoms with Crippen LogP contribution in [0.25, 0.3) is 10.8 Å². The molecule has 0 spiro atoms. The highest BCUT2D eigenvalue weighted by atomic mass is 14.7. The summed E-state index contributed by atoms with van der Waals surface area (Å²) >= 11 is 0. The molecule has 0 unspecified atom stereocenters. The van der Waals surface area contributed by atoms with Crippen molar-refractivity contribution in [1.29, 1.82) is 5.41 Å². The zero-order valence-electron chi connectivity index (χ0n) is 7.70. The van der Waals surface area contributed by atoms with Gasteiger partial charge in [-0.05, 0) is 23.6 Å². The van der Waals surface area contributed by atoms with E-state index >= 15 is 0 Å². The molecule has 2 aromatic rings. The van der Waals surface area contributed by atoms with E-state index in [1.54, 1.807) is 0 Å². The first-order valence-corrected chi connectivity index (χ1v) is 4.36. The van der Waals surface area contributed by atoms with Crippen LogP contribution in [-0.4, -0.2) is 12.9 Å². The van der Waals surface area contributed by atoms with Crippen LogP contribution in [0.4, 0.5) is 5.69 Å². The molecule has 0 aliphatic rings. The van der Waals surface area contributed by atoms with Gasteiger partial charge in [0.1, 0.15) is 0 Å². The minimum absolute atomic E-state index is 0.763. The van der Waals surface area contributed by atoms with Crippen LogP contribution in [0.5, 0.6) is 0 Å². The Kier molecular flexibility index (Phi) is 2.11. The number of fused-ring (bicyclic) bond motifs is 1. The van der Waals surface area contributed by atoms with Gasteiger partial charge in [0.2, 0.25) is 0 Å². The highest BCUT2D eigenvalue weighted by molar-refractivity contribution is 6.03. The van der Waals surface area contributed by atoms with Crippen molar-refractivity contribution in [1.82, 2.24) is 0 Å². The molecule has 0 aliphatic carbocycles. The number of nitrogens with one attached hydrogen (secondary N) is 1. The van der Waals surface area contributed by atoms with E-state index in [9.17, 15) is 0 Å². The minimum Gasteiger partial charge on any atom is -0.308 e. The molecule has 0 saturated heterocycles. The van der Waals surface area contributed by atoms with Crippen LogP contribution in [0.15, 0.2) is 41.4 Å². The van der Waals surface area contributed by atoms with Crippen molar-refractivity contribution in [3.05, 3.63) is 42.0 Å². The van der Waals surface area contributed by atoms with Crippen LogP contribution >= 0.6 is 0 Å². The monoisotopic (exact) mass is 182 g/mol. The molecule has 1 N–H and O–H groups in total. The molecule has 0 heterocycles. The first-order valence-electron chi connectivity index (χ1n) is 4.36. The Balaban J connectivity index is 2.90. The van der Waals surface area contributed by atoms with E-state index in [-0.39, 0.29) is 0 Å². The summed E-state index contributed by atoms with van der Waals surface area (Å²) in [6, 6.07) is 11.8. The lowest BCUT2D eigenvalue weighted by Gasteiger charge is -2.04. The van der Waals surface area contributed by atoms with Gasteiger partial charge in [-0.3, -0.25) is 4.99 Å². The van der Waals surface area contributed by atoms with Crippen molar-refractivity contribution < 1.29 is 0 Å². The molecule has 68 valence electrons. The molecule has 0 aromatic heterocycles. The van der Waals surface area contributed by atoms with Crippen LogP contribution < -0.4 is 0 Å². The smallest absolute Gasteiger partial charge is 0.0716 e. The molecule has 14 heavy (non-hydrogen) atoms. The number of nitrogens with zero attached hydrogens (tertiary/aromatic N) is 1. The quantitative estimate of drug-likeness (QED) is 0.692. The Morgan fingerprint density at radius 1 is 1.14 bits per heavy atom. The van der Waals surface area contributed by atoms with Gasteiger partial charge in [0.15, 0.2) is 0 Å². The van der Waals surface area contributed by atoms with Gasteiger partial charge in [-0.25, -0.2) is 0 Å². The summed E-state index contributed by atoms with van der Waals surface area (Å²) in [7, 11) is 0. The third-order valence-electron chi connectivity index (χ3n) is 2.26. The fourth-order valence-electron chi connectivity index (χ4n) is 1.57. The zero-order chi connectivity index (χ0) is 9.97. The van der Waals surface area contributed by atoms with Crippen LogP contribution in [0.2, 0.25) is 0 Å². The number of rotatable bonds is 2. The van der Waals surface area contributed by atoms with Crippen LogP contribution in [0, 0.1) is 5.41 Å².